The van der Waals surface area contributed by atoms with Gasteiger partial charge in [-0.3, -0.25) is 4.79 Å². The molecule has 4 aromatic rings. The van der Waals surface area contributed by atoms with E-state index < -0.39 is 0 Å². The van der Waals surface area contributed by atoms with Crippen LogP contribution in [0.2, 0.25) is 0 Å². The number of anilines is 3. The van der Waals surface area contributed by atoms with E-state index in [1.165, 1.54) is 6.07 Å². The molecule has 0 saturated carbocycles. The lowest BCUT2D eigenvalue weighted by Crippen LogP contribution is -2.09. The Balaban J connectivity index is 2.07. The van der Waals surface area contributed by atoms with E-state index in [1.807, 2.05) is 25.1 Å². The van der Waals surface area contributed by atoms with Gasteiger partial charge in [0.2, 0.25) is 0 Å². The van der Waals surface area contributed by atoms with Gasteiger partial charge in [0.05, 0.1) is 22.5 Å². The number of aromatic nitrogens is 2. The molecule has 0 aliphatic carbocycles. The topological polar surface area (TPSA) is 158 Å². The van der Waals surface area contributed by atoms with Crippen LogP contribution in [0, 0.1) is 18.3 Å². The van der Waals surface area contributed by atoms with Crippen molar-refractivity contribution in [1.82, 2.24) is 10.1 Å². The molecule has 0 unspecified atom stereocenters. The van der Waals surface area contributed by atoms with E-state index in [0.29, 0.717) is 10.9 Å². The predicted octanol–water partition coefficient (Wildman–Crippen LogP) is 2.53. The fraction of sp³-hybridized carbons (Fsp3) is 0.0526. The number of benzene rings is 2. The Hall–Kier alpha value is -4.12. The summed E-state index contributed by atoms with van der Waals surface area (Å²) >= 11 is 0. The first-order valence-electron chi connectivity index (χ1n) is 8.00. The van der Waals surface area contributed by atoms with Crippen molar-refractivity contribution in [3.05, 3.63) is 52.6 Å². The summed E-state index contributed by atoms with van der Waals surface area (Å²) in [6.45, 7) is 1.92. The van der Waals surface area contributed by atoms with Crippen molar-refractivity contribution in [2.24, 2.45) is 0 Å². The molecule has 8 nitrogen and oxygen atoms in total. The third-order valence-corrected chi connectivity index (χ3v) is 4.47. The third-order valence-electron chi connectivity index (χ3n) is 4.47. The minimum Gasteiger partial charge on any atom is -0.398 e. The lowest BCUT2D eigenvalue weighted by atomic mass is 9.95. The van der Waals surface area contributed by atoms with Crippen molar-refractivity contribution in [2.75, 3.05) is 17.2 Å². The molecule has 0 radical (unpaired) electrons. The molecule has 2 aromatic heterocycles. The van der Waals surface area contributed by atoms with Gasteiger partial charge in [0.15, 0.2) is 11.6 Å². The van der Waals surface area contributed by atoms with Gasteiger partial charge in [-0.15, -0.1) is 0 Å². The van der Waals surface area contributed by atoms with E-state index in [0.717, 1.165) is 5.56 Å². The van der Waals surface area contributed by atoms with Crippen molar-refractivity contribution >= 4 is 45.0 Å². The molecule has 132 valence electrons. The summed E-state index contributed by atoms with van der Waals surface area (Å²) in [5.74, 6) is -0.256. The molecule has 0 saturated heterocycles. The number of hydrogen-bond donors (Lipinski definition) is 3. The fourth-order valence-corrected chi connectivity index (χ4v) is 3.06. The van der Waals surface area contributed by atoms with Crippen LogP contribution in [0.4, 0.5) is 17.2 Å². The zero-order chi connectivity index (χ0) is 19.3. The average Bonchev–Trinajstić information content (AvgIpc) is 3.03. The van der Waals surface area contributed by atoms with Gasteiger partial charge in [-0.25, -0.2) is 4.98 Å². The number of pyridine rings is 1. The number of nitrogens with zero attached hydrogens (tertiary/aromatic N) is 3. The number of rotatable bonds is 2. The second-order valence-corrected chi connectivity index (χ2v) is 6.19. The van der Waals surface area contributed by atoms with Crippen LogP contribution in [0.1, 0.15) is 27.0 Å². The first-order chi connectivity index (χ1) is 12.9. The molecule has 0 spiro atoms. The molecule has 27 heavy (non-hydrogen) atoms. The largest absolute Gasteiger partial charge is 0.398 e. The summed E-state index contributed by atoms with van der Waals surface area (Å²) in [7, 11) is 0. The lowest BCUT2D eigenvalue weighted by Gasteiger charge is -2.12. The van der Waals surface area contributed by atoms with Gasteiger partial charge in [0.1, 0.15) is 11.5 Å². The van der Waals surface area contributed by atoms with E-state index in [2.05, 4.69) is 10.1 Å². The zero-order valence-corrected chi connectivity index (χ0v) is 14.3. The highest BCUT2D eigenvalue weighted by Gasteiger charge is 2.23. The quantitative estimate of drug-likeness (QED) is 0.364. The molecule has 0 amide bonds. The predicted molar refractivity (Wildman–Crippen MR) is 102 cm³/mol. The zero-order valence-electron chi connectivity index (χ0n) is 14.3. The van der Waals surface area contributed by atoms with Crippen molar-refractivity contribution in [3.8, 4) is 6.07 Å². The van der Waals surface area contributed by atoms with Gasteiger partial charge in [0.25, 0.3) is 5.71 Å². The van der Waals surface area contributed by atoms with E-state index in [4.69, 9.17) is 21.7 Å². The lowest BCUT2D eigenvalue weighted by molar-refractivity contribution is 0.103. The highest BCUT2D eigenvalue weighted by atomic mass is 16.5. The Morgan fingerprint density at radius 2 is 1.81 bits per heavy atom. The van der Waals surface area contributed by atoms with Crippen LogP contribution in [0.5, 0.6) is 0 Å². The van der Waals surface area contributed by atoms with Crippen LogP contribution >= 0.6 is 0 Å². The molecule has 2 heterocycles. The maximum atomic E-state index is 13.0. The number of carbonyl (C=O) groups excluding carboxylic acids is 1. The SMILES string of the molecule is Cc1ccc(C(=O)c2cc(C#N)c3nc4onc(N)c4c(N)c3c2N)cc1. The number of ketones is 1. The summed E-state index contributed by atoms with van der Waals surface area (Å²) in [6, 6.07) is 10.5. The van der Waals surface area contributed by atoms with Gasteiger partial charge in [-0.1, -0.05) is 35.0 Å². The summed E-state index contributed by atoms with van der Waals surface area (Å²) in [5, 5.41) is 13.8. The molecule has 2 aromatic carbocycles. The number of hydrogen-bond acceptors (Lipinski definition) is 8. The van der Waals surface area contributed by atoms with Crippen molar-refractivity contribution in [2.45, 2.75) is 6.92 Å². The van der Waals surface area contributed by atoms with Gasteiger partial charge in [-0.05, 0) is 13.0 Å². The Morgan fingerprint density at radius 3 is 2.48 bits per heavy atom. The van der Waals surface area contributed by atoms with Gasteiger partial charge >= 0.3 is 0 Å². The standard InChI is InChI=1S/C19H14N6O2/c1-8-2-4-9(5-3-8)17(26)11-6-10(7-20)16-12(14(11)21)15(22)13-18(23)25-27-19(13)24-16/h2-6H,21H2,1H3,(H2,22,24)(H2,23,25). The molecule has 0 fully saturated rings. The second kappa shape index (κ2) is 5.71. The average molecular weight is 358 g/mol. The summed E-state index contributed by atoms with van der Waals surface area (Å²) in [6.07, 6.45) is 0. The molecule has 0 aliphatic rings. The van der Waals surface area contributed by atoms with Crippen molar-refractivity contribution in [3.63, 3.8) is 0 Å². The smallest absolute Gasteiger partial charge is 0.262 e. The number of aryl methyl sites for hydroxylation is 1. The van der Waals surface area contributed by atoms with E-state index in [1.54, 1.807) is 12.1 Å². The van der Waals surface area contributed by atoms with Crippen molar-refractivity contribution < 1.29 is 9.32 Å². The Kier molecular flexibility index (Phi) is 3.46. The highest BCUT2D eigenvalue weighted by Crippen LogP contribution is 2.38. The maximum absolute atomic E-state index is 13.0. The van der Waals surface area contributed by atoms with Crippen LogP contribution in [0.25, 0.3) is 22.0 Å². The minimum atomic E-state index is -0.316. The fourth-order valence-electron chi connectivity index (χ4n) is 3.06. The van der Waals surface area contributed by atoms with Crippen LogP contribution < -0.4 is 17.2 Å². The summed E-state index contributed by atoms with van der Waals surface area (Å²) < 4.78 is 5.05. The van der Waals surface area contributed by atoms with E-state index in [9.17, 15) is 10.1 Å². The first-order valence-corrected chi connectivity index (χ1v) is 8.00. The first kappa shape index (κ1) is 16.4. The van der Waals surface area contributed by atoms with Gasteiger partial charge in [0, 0.05) is 16.5 Å². The number of fused-ring (bicyclic) bond motifs is 2. The third kappa shape index (κ3) is 2.33. The monoisotopic (exact) mass is 358 g/mol. The summed E-state index contributed by atoms with van der Waals surface area (Å²) in [5.41, 5.74) is 20.7. The molecule has 6 N–H and O–H groups in total. The highest BCUT2D eigenvalue weighted by molar-refractivity contribution is 6.21. The van der Waals surface area contributed by atoms with Crippen LogP contribution in [0.15, 0.2) is 34.9 Å². The number of nitrogens with two attached hydrogens (primary N) is 3. The normalized spacial score (nSPS) is 11.0. The van der Waals surface area contributed by atoms with Gasteiger partial charge < -0.3 is 21.7 Å². The maximum Gasteiger partial charge on any atom is 0.262 e. The Labute approximate surface area is 153 Å². The molecule has 0 bridgehead atoms. The molecule has 0 aliphatic heterocycles. The molecular formula is C19H14N6O2. The molecular weight excluding hydrogens is 344 g/mol. The second-order valence-electron chi connectivity index (χ2n) is 6.19. The minimum absolute atomic E-state index is 0.0603. The molecule has 8 heteroatoms. The number of carbonyl (C=O) groups is 1. The molecule has 0 atom stereocenters. The number of nitriles is 1. The van der Waals surface area contributed by atoms with Crippen LogP contribution in [-0.4, -0.2) is 15.9 Å². The Morgan fingerprint density at radius 1 is 1.11 bits per heavy atom. The van der Waals surface area contributed by atoms with E-state index >= 15 is 0 Å². The number of nitrogen functional groups attached to an aromatic ring is 3. The van der Waals surface area contributed by atoms with Crippen LogP contribution in [0.3, 0.4) is 0 Å². The summed E-state index contributed by atoms with van der Waals surface area (Å²) in [4.78, 5) is 17.2. The van der Waals surface area contributed by atoms with E-state index in [-0.39, 0.29) is 50.7 Å². The van der Waals surface area contributed by atoms with Crippen LogP contribution in [-0.2, 0) is 0 Å². The Bertz CT molecular complexity index is 1280. The van der Waals surface area contributed by atoms with Gasteiger partial charge in [-0.2, -0.15) is 5.26 Å². The molecule has 4 rings (SSSR count). The van der Waals surface area contributed by atoms with Crippen molar-refractivity contribution in [1.29, 1.82) is 5.26 Å².